The Morgan fingerprint density at radius 3 is 2.81 bits per heavy atom. The lowest BCUT2D eigenvalue weighted by atomic mass is 9.92. The largest absolute Gasteiger partial charge is 0.481 e. The molecule has 1 aliphatic rings. The summed E-state index contributed by atoms with van der Waals surface area (Å²) < 4.78 is 0. The van der Waals surface area contributed by atoms with Gasteiger partial charge < -0.3 is 15.7 Å². The third-order valence-electron chi connectivity index (χ3n) is 3.06. The lowest BCUT2D eigenvalue weighted by Gasteiger charge is -2.29. The zero-order valence-electron chi connectivity index (χ0n) is 9.82. The van der Waals surface area contributed by atoms with Crippen LogP contribution in [0.25, 0.3) is 0 Å². The third kappa shape index (κ3) is 3.48. The first-order valence-electron chi connectivity index (χ1n) is 5.76. The van der Waals surface area contributed by atoms with Gasteiger partial charge in [0.25, 0.3) is 0 Å². The topological polar surface area (TPSA) is 78.4 Å². The molecule has 1 amide bonds. The molecular formula is C11H20N2O3. The maximum absolute atomic E-state index is 11.8. The fraction of sp³-hybridized carbons (Fsp3) is 0.818. The van der Waals surface area contributed by atoms with E-state index >= 15 is 0 Å². The first-order chi connectivity index (χ1) is 7.52. The minimum Gasteiger partial charge on any atom is -0.481 e. The zero-order chi connectivity index (χ0) is 12.1. The van der Waals surface area contributed by atoms with Crippen molar-refractivity contribution in [2.24, 2.45) is 11.8 Å². The molecule has 0 spiro atoms. The van der Waals surface area contributed by atoms with Crippen LogP contribution in [0, 0.1) is 11.8 Å². The molecule has 1 fully saturated rings. The fourth-order valence-corrected chi connectivity index (χ4v) is 1.85. The molecule has 1 rings (SSSR count). The molecule has 0 radical (unpaired) electrons. The van der Waals surface area contributed by atoms with Crippen molar-refractivity contribution in [2.45, 2.75) is 32.7 Å². The van der Waals surface area contributed by atoms with Gasteiger partial charge in [0.05, 0.1) is 12.0 Å². The Labute approximate surface area is 95.6 Å². The van der Waals surface area contributed by atoms with Crippen molar-refractivity contribution in [3.63, 3.8) is 0 Å². The van der Waals surface area contributed by atoms with Gasteiger partial charge in [0.15, 0.2) is 0 Å². The monoisotopic (exact) mass is 228 g/mol. The third-order valence-corrected chi connectivity index (χ3v) is 3.06. The van der Waals surface area contributed by atoms with Crippen molar-refractivity contribution in [1.29, 1.82) is 0 Å². The van der Waals surface area contributed by atoms with E-state index in [0.717, 1.165) is 19.4 Å². The van der Waals surface area contributed by atoms with Crippen molar-refractivity contribution >= 4 is 11.9 Å². The highest BCUT2D eigenvalue weighted by atomic mass is 16.4. The zero-order valence-corrected chi connectivity index (χ0v) is 9.82. The number of nitrogens with one attached hydrogen (secondary N) is 2. The standard InChI is InChI=1S/C11H20N2O3/c1-7-4-3-5-12-9(7)10(14)13-6-8(2)11(15)16/h7-9,12H,3-6H2,1-2H3,(H,13,14)(H,15,16). The summed E-state index contributed by atoms with van der Waals surface area (Å²) in [7, 11) is 0. The van der Waals surface area contributed by atoms with Gasteiger partial charge in [-0.1, -0.05) is 13.8 Å². The summed E-state index contributed by atoms with van der Waals surface area (Å²) in [5.74, 6) is -1.19. The molecule has 16 heavy (non-hydrogen) atoms. The average Bonchev–Trinajstić information content (AvgIpc) is 2.25. The van der Waals surface area contributed by atoms with Crippen molar-refractivity contribution in [2.75, 3.05) is 13.1 Å². The lowest BCUT2D eigenvalue weighted by molar-refractivity contribution is -0.141. The molecule has 0 aliphatic carbocycles. The van der Waals surface area contributed by atoms with E-state index in [0.29, 0.717) is 5.92 Å². The van der Waals surface area contributed by atoms with E-state index in [1.165, 1.54) is 0 Å². The quantitative estimate of drug-likeness (QED) is 0.643. The Balaban J connectivity index is 2.36. The summed E-state index contributed by atoms with van der Waals surface area (Å²) in [6.45, 7) is 4.67. The minimum absolute atomic E-state index is 0.0831. The van der Waals surface area contributed by atoms with Gasteiger partial charge >= 0.3 is 5.97 Å². The van der Waals surface area contributed by atoms with Crippen molar-refractivity contribution in [1.82, 2.24) is 10.6 Å². The molecule has 3 atom stereocenters. The second-order valence-corrected chi connectivity index (χ2v) is 4.54. The van der Waals surface area contributed by atoms with E-state index in [2.05, 4.69) is 10.6 Å². The fourth-order valence-electron chi connectivity index (χ4n) is 1.85. The molecule has 0 aromatic rings. The molecule has 1 aliphatic heterocycles. The van der Waals surface area contributed by atoms with Gasteiger partial charge in [-0.15, -0.1) is 0 Å². The van der Waals surface area contributed by atoms with E-state index in [-0.39, 0.29) is 18.5 Å². The highest BCUT2D eigenvalue weighted by Gasteiger charge is 2.27. The van der Waals surface area contributed by atoms with Gasteiger partial charge in [-0.2, -0.15) is 0 Å². The number of piperidine rings is 1. The van der Waals surface area contributed by atoms with E-state index in [9.17, 15) is 9.59 Å². The van der Waals surface area contributed by atoms with Gasteiger partial charge in [-0.25, -0.2) is 0 Å². The van der Waals surface area contributed by atoms with E-state index in [4.69, 9.17) is 5.11 Å². The first-order valence-corrected chi connectivity index (χ1v) is 5.76. The number of rotatable bonds is 4. The molecule has 0 aromatic carbocycles. The maximum atomic E-state index is 11.8. The van der Waals surface area contributed by atoms with Crippen LogP contribution in [0.3, 0.4) is 0 Å². The summed E-state index contributed by atoms with van der Waals surface area (Å²) in [5, 5.41) is 14.5. The van der Waals surface area contributed by atoms with Gasteiger partial charge in [0.1, 0.15) is 0 Å². The van der Waals surface area contributed by atoms with E-state index < -0.39 is 11.9 Å². The van der Waals surface area contributed by atoms with Crippen LogP contribution in [0.5, 0.6) is 0 Å². The van der Waals surface area contributed by atoms with Gasteiger partial charge in [-0.05, 0) is 25.3 Å². The predicted octanol–water partition coefficient (Wildman–Crippen LogP) is 0.211. The number of carboxylic acids is 1. The summed E-state index contributed by atoms with van der Waals surface area (Å²) in [4.78, 5) is 22.4. The number of hydrogen-bond acceptors (Lipinski definition) is 3. The number of amides is 1. The van der Waals surface area contributed by atoms with Crippen LogP contribution < -0.4 is 10.6 Å². The van der Waals surface area contributed by atoms with Crippen molar-refractivity contribution in [3.05, 3.63) is 0 Å². The molecular weight excluding hydrogens is 208 g/mol. The van der Waals surface area contributed by atoms with Crippen LogP contribution in [0.1, 0.15) is 26.7 Å². The Hall–Kier alpha value is -1.10. The van der Waals surface area contributed by atoms with Crippen LogP contribution in [-0.2, 0) is 9.59 Å². The molecule has 3 N–H and O–H groups in total. The average molecular weight is 228 g/mol. The van der Waals surface area contributed by atoms with E-state index in [1.54, 1.807) is 6.92 Å². The Bertz CT molecular complexity index is 268. The van der Waals surface area contributed by atoms with Gasteiger partial charge in [0, 0.05) is 6.54 Å². The molecule has 0 aromatic heterocycles. The minimum atomic E-state index is -0.884. The summed E-state index contributed by atoms with van der Waals surface area (Å²) in [6.07, 6.45) is 2.13. The van der Waals surface area contributed by atoms with Crippen LogP contribution >= 0.6 is 0 Å². The number of hydrogen-bond donors (Lipinski definition) is 3. The first kappa shape index (κ1) is 13.0. The Morgan fingerprint density at radius 2 is 2.25 bits per heavy atom. The normalized spacial score (nSPS) is 27.1. The lowest BCUT2D eigenvalue weighted by Crippen LogP contribution is -2.51. The summed E-state index contributed by atoms with van der Waals surface area (Å²) in [6, 6.07) is -0.172. The second kappa shape index (κ2) is 5.84. The summed E-state index contributed by atoms with van der Waals surface area (Å²) in [5.41, 5.74) is 0. The van der Waals surface area contributed by atoms with Gasteiger partial charge in [-0.3, -0.25) is 9.59 Å². The molecule has 3 unspecified atom stereocenters. The predicted molar refractivity (Wildman–Crippen MR) is 60.0 cm³/mol. The van der Waals surface area contributed by atoms with Crippen LogP contribution in [0.15, 0.2) is 0 Å². The number of aliphatic carboxylic acids is 1. The molecule has 5 nitrogen and oxygen atoms in total. The van der Waals surface area contributed by atoms with Crippen molar-refractivity contribution < 1.29 is 14.7 Å². The van der Waals surface area contributed by atoms with Gasteiger partial charge in [0.2, 0.25) is 5.91 Å². The molecule has 0 bridgehead atoms. The van der Waals surface area contributed by atoms with Crippen molar-refractivity contribution in [3.8, 4) is 0 Å². The van der Waals surface area contributed by atoms with Crippen LogP contribution in [0.2, 0.25) is 0 Å². The van der Waals surface area contributed by atoms with Crippen LogP contribution in [0.4, 0.5) is 0 Å². The SMILES string of the molecule is CC(CNC(=O)C1NCCCC1C)C(=O)O. The number of carbonyl (C=O) groups excluding carboxylic acids is 1. The summed E-state index contributed by atoms with van der Waals surface area (Å²) >= 11 is 0. The highest BCUT2D eigenvalue weighted by molar-refractivity contribution is 5.82. The highest BCUT2D eigenvalue weighted by Crippen LogP contribution is 2.15. The van der Waals surface area contributed by atoms with E-state index in [1.807, 2.05) is 6.92 Å². The Kier molecular flexibility index (Phi) is 4.73. The Morgan fingerprint density at radius 1 is 1.56 bits per heavy atom. The number of carbonyl (C=O) groups is 2. The maximum Gasteiger partial charge on any atom is 0.308 e. The molecule has 5 heteroatoms. The smallest absolute Gasteiger partial charge is 0.308 e. The van der Waals surface area contributed by atoms with Crippen LogP contribution in [-0.4, -0.2) is 36.1 Å². The second-order valence-electron chi connectivity index (χ2n) is 4.54. The number of carboxylic acid groups (broad SMARTS) is 1. The molecule has 92 valence electrons. The molecule has 1 saturated heterocycles. The molecule has 0 saturated carbocycles. The molecule has 1 heterocycles.